The van der Waals surface area contributed by atoms with Crippen molar-refractivity contribution in [2.75, 3.05) is 0 Å². The molecule has 1 aromatic rings. The highest BCUT2D eigenvalue weighted by Crippen LogP contribution is 2.23. The lowest BCUT2D eigenvalue weighted by Crippen LogP contribution is -2.48. The number of imide groups is 1. The fourth-order valence-electron chi connectivity index (χ4n) is 2.89. The zero-order chi connectivity index (χ0) is 17.0. The molecule has 8 nitrogen and oxygen atoms in total. The molecule has 1 aliphatic rings. The third-order valence-electron chi connectivity index (χ3n) is 4.18. The maximum absolute atomic E-state index is 12.0. The second kappa shape index (κ2) is 7.06. The number of hydrogen-bond acceptors (Lipinski definition) is 5. The molecule has 8 heteroatoms. The molecule has 1 aliphatic carbocycles. The van der Waals surface area contributed by atoms with E-state index in [9.17, 15) is 9.59 Å². The van der Waals surface area contributed by atoms with Crippen LogP contribution in [-0.4, -0.2) is 38.2 Å². The van der Waals surface area contributed by atoms with Gasteiger partial charge in [-0.15, -0.1) is 5.10 Å². The van der Waals surface area contributed by atoms with Crippen LogP contribution in [0.3, 0.4) is 0 Å². The number of amides is 3. The molecule has 23 heavy (non-hydrogen) atoms. The quantitative estimate of drug-likeness (QED) is 0.875. The van der Waals surface area contributed by atoms with Gasteiger partial charge in [-0.1, -0.05) is 40.5 Å². The van der Waals surface area contributed by atoms with Gasteiger partial charge in [0.05, 0.1) is 0 Å². The molecule has 0 saturated heterocycles. The Bertz CT molecular complexity index is 563. The van der Waals surface area contributed by atoms with Crippen molar-refractivity contribution in [3.63, 3.8) is 0 Å². The van der Waals surface area contributed by atoms with Crippen molar-refractivity contribution in [3.05, 3.63) is 5.82 Å². The molecule has 1 aromatic heterocycles. The van der Waals surface area contributed by atoms with Crippen LogP contribution in [-0.2, 0) is 16.8 Å². The van der Waals surface area contributed by atoms with Crippen LogP contribution in [0.4, 0.5) is 4.79 Å². The summed E-state index contributed by atoms with van der Waals surface area (Å²) in [5.74, 6) is 0.620. The fraction of sp³-hybridized carbons (Fsp3) is 0.800. The van der Waals surface area contributed by atoms with Crippen LogP contribution in [0.2, 0.25) is 0 Å². The SMILES string of the molecule is CC1CCCCC1NC(=O)NC(=O)Cn1nnnc1C(C)(C)C. The number of hydrogen-bond donors (Lipinski definition) is 2. The molecule has 3 amide bonds. The fourth-order valence-corrected chi connectivity index (χ4v) is 2.89. The van der Waals surface area contributed by atoms with Crippen LogP contribution in [0, 0.1) is 5.92 Å². The number of nitrogens with zero attached hydrogens (tertiary/aromatic N) is 4. The van der Waals surface area contributed by atoms with Gasteiger partial charge in [0.2, 0.25) is 5.91 Å². The lowest BCUT2D eigenvalue weighted by atomic mass is 9.86. The Morgan fingerprint density at radius 2 is 1.96 bits per heavy atom. The van der Waals surface area contributed by atoms with Gasteiger partial charge >= 0.3 is 6.03 Å². The first-order valence-corrected chi connectivity index (χ1v) is 8.14. The number of carbonyl (C=O) groups is 2. The Morgan fingerprint density at radius 1 is 1.26 bits per heavy atom. The Balaban J connectivity index is 1.87. The van der Waals surface area contributed by atoms with Crippen LogP contribution in [0.1, 0.15) is 59.2 Å². The van der Waals surface area contributed by atoms with E-state index in [4.69, 9.17) is 0 Å². The molecule has 0 aromatic carbocycles. The van der Waals surface area contributed by atoms with E-state index >= 15 is 0 Å². The zero-order valence-electron chi connectivity index (χ0n) is 14.3. The summed E-state index contributed by atoms with van der Waals surface area (Å²) in [5.41, 5.74) is -0.274. The van der Waals surface area contributed by atoms with Gasteiger partial charge in [-0.25, -0.2) is 9.48 Å². The molecule has 2 rings (SSSR count). The van der Waals surface area contributed by atoms with E-state index in [1.807, 2.05) is 20.8 Å². The summed E-state index contributed by atoms with van der Waals surface area (Å²) in [6.45, 7) is 7.94. The molecule has 0 spiro atoms. The number of carbonyl (C=O) groups excluding carboxylic acids is 2. The minimum absolute atomic E-state index is 0.0761. The first-order chi connectivity index (χ1) is 10.8. The van der Waals surface area contributed by atoms with E-state index in [-0.39, 0.29) is 18.0 Å². The van der Waals surface area contributed by atoms with E-state index in [2.05, 4.69) is 33.1 Å². The highest BCUT2D eigenvalue weighted by Gasteiger charge is 2.25. The second-order valence-electron chi connectivity index (χ2n) is 7.30. The number of rotatable bonds is 3. The van der Waals surface area contributed by atoms with Gasteiger partial charge in [0.15, 0.2) is 5.82 Å². The van der Waals surface area contributed by atoms with Crippen molar-refractivity contribution >= 4 is 11.9 Å². The van der Waals surface area contributed by atoms with Crippen LogP contribution in [0.15, 0.2) is 0 Å². The number of urea groups is 1. The summed E-state index contributed by atoms with van der Waals surface area (Å²) in [5, 5.41) is 16.6. The van der Waals surface area contributed by atoms with Gasteiger partial charge in [0, 0.05) is 11.5 Å². The predicted octanol–water partition coefficient (Wildman–Crippen LogP) is 1.38. The first kappa shape index (κ1) is 17.4. The number of aromatic nitrogens is 4. The third-order valence-corrected chi connectivity index (χ3v) is 4.18. The maximum atomic E-state index is 12.0. The maximum Gasteiger partial charge on any atom is 0.321 e. The van der Waals surface area contributed by atoms with Gasteiger partial charge in [-0.2, -0.15) is 0 Å². The minimum Gasteiger partial charge on any atom is -0.335 e. The zero-order valence-corrected chi connectivity index (χ0v) is 14.3. The Labute approximate surface area is 136 Å². The summed E-state index contributed by atoms with van der Waals surface area (Å²) in [4.78, 5) is 24.0. The average Bonchev–Trinajstić information content (AvgIpc) is 2.89. The van der Waals surface area contributed by atoms with E-state index in [0.29, 0.717) is 11.7 Å². The van der Waals surface area contributed by atoms with Crippen molar-refractivity contribution in [2.24, 2.45) is 5.92 Å². The van der Waals surface area contributed by atoms with Crippen LogP contribution in [0.25, 0.3) is 0 Å². The molecule has 0 bridgehead atoms. The molecule has 1 fully saturated rings. The molecule has 128 valence electrons. The summed E-state index contributed by atoms with van der Waals surface area (Å²) in [7, 11) is 0. The highest BCUT2D eigenvalue weighted by atomic mass is 16.2. The van der Waals surface area contributed by atoms with Crippen molar-refractivity contribution in [1.29, 1.82) is 0 Å². The van der Waals surface area contributed by atoms with Gasteiger partial charge in [-0.3, -0.25) is 10.1 Å². The summed E-state index contributed by atoms with van der Waals surface area (Å²) >= 11 is 0. The standard InChI is InChI=1S/C15H26N6O2/c1-10-7-5-6-8-11(10)16-14(23)17-12(22)9-21-13(15(2,3)4)18-19-20-21/h10-11H,5-9H2,1-4H3,(H2,16,17,22,23). The largest absolute Gasteiger partial charge is 0.335 e. The Hall–Kier alpha value is -1.99. The average molecular weight is 322 g/mol. The molecule has 2 N–H and O–H groups in total. The number of tetrazole rings is 1. The van der Waals surface area contributed by atoms with Crippen molar-refractivity contribution in [2.45, 2.75) is 71.4 Å². The topological polar surface area (TPSA) is 102 Å². The summed E-state index contributed by atoms with van der Waals surface area (Å²) < 4.78 is 1.42. The molecule has 2 unspecified atom stereocenters. The molecule has 1 heterocycles. The van der Waals surface area contributed by atoms with E-state index in [1.165, 1.54) is 11.1 Å². The Morgan fingerprint density at radius 3 is 2.61 bits per heavy atom. The van der Waals surface area contributed by atoms with E-state index in [0.717, 1.165) is 19.3 Å². The molecule has 0 aliphatic heterocycles. The summed E-state index contributed by atoms with van der Waals surface area (Å²) in [6, 6.07) is -0.311. The van der Waals surface area contributed by atoms with Crippen molar-refractivity contribution in [3.8, 4) is 0 Å². The predicted molar refractivity (Wildman–Crippen MR) is 84.6 cm³/mol. The van der Waals surface area contributed by atoms with Crippen LogP contribution >= 0.6 is 0 Å². The van der Waals surface area contributed by atoms with E-state index in [1.54, 1.807) is 0 Å². The van der Waals surface area contributed by atoms with Gasteiger partial charge in [-0.05, 0) is 29.2 Å². The summed E-state index contributed by atoms with van der Waals surface area (Å²) in [6.07, 6.45) is 4.39. The van der Waals surface area contributed by atoms with Gasteiger partial charge < -0.3 is 5.32 Å². The Kier molecular flexibility index (Phi) is 5.33. The van der Waals surface area contributed by atoms with Crippen molar-refractivity contribution < 1.29 is 9.59 Å². The monoisotopic (exact) mass is 322 g/mol. The minimum atomic E-state index is -0.445. The second-order valence-corrected chi connectivity index (χ2v) is 7.30. The molecule has 2 atom stereocenters. The third kappa shape index (κ3) is 4.74. The van der Waals surface area contributed by atoms with Crippen molar-refractivity contribution in [1.82, 2.24) is 30.8 Å². The smallest absolute Gasteiger partial charge is 0.321 e. The van der Waals surface area contributed by atoms with E-state index < -0.39 is 11.9 Å². The molecule has 1 saturated carbocycles. The number of nitrogens with one attached hydrogen (secondary N) is 2. The highest BCUT2D eigenvalue weighted by molar-refractivity contribution is 5.94. The molecular formula is C15H26N6O2. The van der Waals surface area contributed by atoms with Gasteiger partial charge in [0.1, 0.15) is 6.54 Å². The first-order valence-electron chi connectivity index (χ1n) is 8.14. The van der Waals surface area contributed by atoms with Gasteiger partial charge in [0.25, 0.3) is 0 Å². The molecule has 0 radical (unpaired) electrons. The lowest BCUT2D eigenvalue weighted by molar-refractivity contribution is -0.120. The lowest BCUT2D eigenvalue weighted by Gasteiger charge is -2.29. The van der Waals surface area contributed by atoms with Crippen LogP contribution < -0.4 is 10.6 Å². The normalized spacial score (nSPS) is 21.7. The van der Waals surface area contributed by atoms with Crippen LogP contribution in [0.5, 0.6) is 0 Å². The molecular weight excluding hydrogens is 296 g/mol.